The molecule has 0 spiro atoms. The van der Waals surface area contributed by atoms with Crippen LogP contribution >= 0.6 is 0 Å². The lowest BCUT2D eigenvalue weighted by Gasteiger charge is -2.13. The lowest BCUT2D eigenvalue weighted by molar-refractivity contribution is -0.146. The van der Waals surface area contributed by atoms with Crippen molar-refractivity contribution >= 4 is 28.9 Å². The van der Waals surface area contributed by atoms with Crippen LogP contribution in [0.2, 0.25) is 0 Å². The Morgan fingerprint density at radius 3 is 2.95 bits per heavy atom. The van der Waals surface area contributed by atoms with E-state index in [9.17, 15) is 4.79 Å². The van der Waals surface area contributed by atoms with Crippen LogP contribution in [0.25, 0.3) is 11.2 Å². The maximum atomic E-state index is 11.0. The highest BCUT2D eigenvalue weighted by molar-refractivity contribution is 5.82. The molecule has 0 bridgehead atoms. The Kier molecular flexibility index (Phi) is 2.92. The molecule has 0 amide bonds. The van der Waals surface area contributed by atoms with Crippen molar-refractivity contribution in [3.05, 3.63) is 6.33 Å². The van der Waals surface area contributed by atoms with Gasteiger partial charge < -0.3 is 20.8 Å². The number of aromatic nitrogens is 4. The number of nitrogen functional groups attached to an aromatic ring is 2. The Morgan fingerprint density at radius 1 is 1.40 bits per heavy atom. The average Bonchev–Trinajstić information content (AvgIpc) is 2.94. The van der Waals surface area contributed by atoms with Crippen LogP contribution in [-0.2, 0) is 9.53 Å². The molecule has 2 aromatic rings. The molecule has 2 heterocycles. The van der Waals surface area contributed by atoms with Crippen molar-refractivity contribution in [1.29, 1.82) is 0 Å². The zero-order valence-corrected chi connectivity index (χ0v) is 11.1. The fourth-order valence-corrected chi connectivity index (χ4v) is 2.73. The van der Waals surface area contributed by atoms with Crippen LogP contribution < -0.4 is 11.5 Å². The molecule has 0 saturated heterocycles. The molecule has 2 atom stereocenters. The molecule has 3 rings (SSSR count). The van der Waals surface area contributed by atoms with Gasteiger partial charge in [-0.15, -0.1) is 0 Å². The molecule has 1 fully saturated rings. The van der Waals surface area contributed by atoms with Crippen molar-refractivity contribution in [2.75, 3.05) is 11.5 Å². The number of ether oxygens (including phenoxy) is 1. The second-order valence-electron chi connectivity index (χ2n) is 4.99. The summed E-state index contributed by atoms with van der Waals surface area (Å²) in [4.78, 5) is 23.3. The van der Waals surface area contributed by atoms with E-state index in [0.717, 1.165) is 19.3 Å². The van der Waals surface area contributed by atoms with Crippen molar-refractivity contribution in [2.24, 2.45) is 0 Å². The Hall–Kier alpha value is -2.38. The standard InChI is InChI=1S/C12H16N6O2/c1-6(19)20-8-3-2-7(4-8)18-5-15-9-10(13)16-12(14)17-11(9)18/h5,7-8H,2-4H2,1H3,(H4,13,14,16,17)/t7-,8-/m1/s1. The van der Waals surface area contributed by atoms with E-state index < -0.39 is 0 Å². The summed E-state index contributed by atoms with van der Waals surface area (Å²) in [6.45, 7) is 1.43. The first-order valence-corrected chi connectivity index (χ1v) is 6.47. The number of rotatable bonds is 2. The van der Waals surface area contributed by atoms with Crippen molar-refractivity contribution in [3.63, 3.8) is 0 Å². The first-order chi connectivity index (χ1) is 9.54. The lowest BCUT2D eigenvalue weighted by Crippen LogP contribution is -2.13. The number of esters is 1. The third kappa shape index (κ3) is 2.13. The molecule has 2 aromatic heterocycles. The Morgan fingerprint density at radius 2 is 2.20 bits per heavy atom. The van der Waals surface area contributed by atoms with E-state index in [4.69, 9.17) is 16.2 Å². The van der Waals surface area contributed by atoms with Crippen LogP contribution in [0.5, 0.6) is 0 Å². The van der Waals surface area contributed by atoms with E-state index in [0.29, 0.717) is 11.2 Å². The monoisotopic (exact) mass is 276 g/mol. The zero-order valence-electron chi connectivity index (χ0n) is 11.1. The summed E-state index contributed by atoms with van der Waals surface area (Å²) in [5.41, 5.74) is 12.6. The molecule has 4 N–H and O–H groups in total. The number of nitrogens with two attached hydrogens (primary N) is 2. The quantitative estimate of drug-likeness (QED) is 0.772. The first-order valence-electron chi connectivity index (χ1n) is 6.47. The summed E-state index contributed by atoms with van der Waals surface area (Å²) < 4.78 is 7.18. The highest BCUT2D eigenvalue weighted by Crippen LogP contribution is 2.34. The minimum absolute atomic E-state index is 0.0496. The van der Waals surface area contributed by atoms with Gasteiger partial charge in [-0.2, -0.15) is 9.97 Å². The number of hydrogen-bond donors (Lipinski definition) is 2. The van der Waals surface area contributed by atoms with E-state index in [1.165, 1.54) is 6.92 Å². The predicted molar refractivity (Wildman–Crippen MR) is 72.6 cm³/mol. The van der Waals surface area contributed by atoms with Gasteiger partial charge in [0, 0.05) is 19.4 Å². The van der Waals surface area contributed by atoms with Gasteiger partial charge in [0.25, 0.3) is 0 Å². The molecule has 8 heteroatoms. The molecule has 0 radical (unpaired) electrons. The zero-order chi connectivity index (χ0) is 14.3. The second-order valence-corrected chi connectivity index (χ2v) is 4.99. The van der Waals surface area contributed by atoms with Crippen molar-refractivity contribution in [3.8, 4) is 0 Å². The van der Waals surface area contributed by atoms with Crippen LogP contribution in [-0.4, -0.2) is 31.6 Å². The smallest absolute Gasteiger partial charge is 0.302 e. The lowest BCUT2D eigenvalue weighted by atomic mass is 10.2. The number of fused-ring (bicyclic) bond motifs is 1. The highest BCUT2D eigenvalue weighted by Gasteiger charge is 2.29. The van der Waals surface area contributed by atoms with E-state index in [2.05, 4.69) is 15.0 Å². The topological polar surface area (TPSA) is 122 Å². The van der Waals surface area contributed by atoms with E-state index in [1.54, 1.807) is 6.33 Å². The minimum Gasteiger partial charge on any atom is -0.462 e. The summed E-state index contributed by atoms with van der Waals surface area (Å²) in [6, 6.07) is 0.179. The Labute approximate surface area is 115 Å². The van der Waals surface area contributed by atoms with Gasteiger partial charge >= 0.3 is 5.97 Å². The summed E-state index contributed by atoms with van der Waals surface area (Å²) in [5, 5.41) is 0. The number of hydrogen-bond acceptors (Lipinski definition) is 7. The van der Waals surface area contributed by atoms with Gasteiger partial charge in [-0.25, -0.2) is 4.98 Å². The normalized spacial score (nSPS) is 22.2. The van der Waals surface area contributed by atoms with Gasteiger partial charge in [0.05, 0.1) is 6.33 Å². The van der Waals surface area contributed by atoms with Crippen LogP contribution in [0.3, 0.4) is 0 Å². The number of anilines is 2. The van der Waals surface area contributed by atoms with Crippen molar-refractivity contribution < 1.29 is 9.53 Å². The van der Waals surface area contributed by atoms with Crippen LogP contribution in [0.15, 0.2) is 6.33 Å². The predicted octanol–water partition coefficient (Wildman–Crippen LogP) is 0.647. The molecule has 1 aliphatic carbocycles. The minimum atomic E-state index is -0.248. The molecular weight excluding hydrogens is 260 g/mol. The SMILES string of the molecule is CC(=O)O[C@@H]1CC[C@@H](n2cnc3c(N)nc(N)nc32)C1. The number of carbonyl (C=O) groups excluding carboxylic acids is 1. The number of imidazole rings is 1. The third-order valence-electron chi connectivity index (χ3n) is 3.55. The third-order valence-corrected chi connectivity index (χ3v) is 3.55. The van der Waals surface area contributed by atoms with Crippen LogP contribution in [0, 0.1) is 0 Å². The summed E-state index contributed by atoms with van der Waals surface area (Å²) in [5.74, 6) is 0.161. The highest BCUT2D eigenvalue weighted by atomic mass is 16.5. The molecule has 0 unspecified atom stereocenters. The molecule has 20 heavy (non-hydrogen) atoms. The molecule has 0 aromatic carbocycles. The Bertz CT molecular complexity index is 667. The maximum Gasteiger partial charge on any atom is 0.302 e. The maximum absolute atomic E-state index is 11.0. The van der Waals surface area contributed by atoms with E-state index in [-0.39, 0.29) is 29.9 Å². The summed E-state index contributed by atoms with van der Waals surface area (Å²) in [6.07, 6.45) is 4.12. The molecular formula is C12H16N6O2. The molecule has 106 valence electrons. The van der Waals surface area contributed by atoms with Crippen LogP contribution in [0.1, 0.15) is 32.2 Å². The van der Waals surface area contributed by atoms with Crippen LogP contribution in [0.4, 0.5) is 11.8 Å². The summed E-state index contributed by atoms with van der Waals surface area (Å²) >= 11 is 0. The summed E-state index contributed by atoms with van der Waals surface area (Å²) in [7, 11) is 0. The van der Waals surface area contributed by atoms with Crippen molar-refractivity contribution in [2.45, 2.75) is 38.3 Å². The molecule has 1 aliphatic rings. The fraction of sp³-hybridized carbons (Fsp3) is 0.500. The molecule has 8 nitrogen and oxygen atoms in total. The number of nitrogens with zero attached hydrogens (tertiary/aromatic N) is 4. The van der Waals surface area contributed by atoms with Crippen molar-refractivity contribution in [1.82, 2.24) is 19.5 Å². The number of carbonyl (C=O) groups is 1. The fourth-order valence-electron chi connectivity index (χ4n) is 2.73. The van der Waals surface area contributed by atoms with Gasteiger partial charge in [0.15, 0.2) is 11.5 Å². The molecule has 1 saturated carbocycles. The van der Waals surface area contributed by atoms with Gasteiger partial charge in [0.2, 0.25) is 5.95 Å². The second kappa shape index (κ2) is 4.62. The van der Waals surface area contributed by atoms with Gasteiger partial charge in [-0.05, 0) is 12.8 Å². The van der Waals surface area contributed by atoms with E-state index >= 15 is 0 Å². The van der Waals surface area contributed by atoms with Gasteiger partial charge in [-0.1, -0.05) is 0 Å². The van der Waals surface area contributed by atoms with E-state index in [1.807, 2.05) is 4.57 Å². The largest absolute Gasteiger partial charge is 0.462 e. The van der Waals surface area contributed by atoms with Gasteiger partial charge in [0.1, 0.15) is 11.6 Å². The average molecular weight is 276 g/mol. The Balaban J connectivity index is 1.90. The van der Waals surface area contributed by atoms with Gasteiger partial charge in [-0.3, -0.25) is 4.79 Å². The molecule has 0 aliphatic heterocycles. The first kappa shape index (κ1) is 12.6.